The molecule has 1 N–H and O–H groups in total. The molecule has 1 unspecified atom stereocenters. The lowest BCUT2D eigenvalue weighted by atomic mass is 10.1. The van der Waals surface area contributed by atoms with E-state index in [2.05, 4.69) is 0 Å². The zero-order valence-electron chi connectivity index (χ0n) is 11.9. The van der Waals surface area contributed by atoms with Gasteiger partial charge in [0.05, 0.1) is 23.1 Å². The normalized spacial score (nSPS) is 17.5. The van der Waals surface area contributed by atoms with Crippen molar-refractivity contribution >= 4 is 23.5 Å². The third kappa shape index (κ3) is 4.18. The molecule has 1 fully saturated rings. The van der Waals surface area contributed by atoms with Crippen molar-refractivity contribution < 1.29 is 23.8 Å². The van der Waals surface area contributed by atoms with Crippen molar-refractivity contribution in [2.24, 2.45) is 0 Å². The third-order valence-corrected chi connectivity index (χ3v) is 3.90. The molecular weight excluding hydrogens is 313 g/mol. The van der Waals surface area contributed by atoms with Crippen molar-refractivity contribution in [3.05, 3.63) is 34.6 Å². The molecule has 0 aliphatic carbocycles. The second-order valence-corrected chi connectivity index (χ2v) is 5.51. The number of hydrogen-bond donors (Lipinski definition) is 1. The van der Waals surface area contributed by atoms with Crippen molar-refractivity contribution in [2.75, 3.05) is 19.7 Å². The first kappa shape index (κ1) is 16.7. The van der Waals surface area contributed by atoms with E-state index in [1.165, 1.54) is 23.1 Å². The fourth-order valence-corrected chi connectivity index (χ4v) is 2.59. The first-order valence-electron chi connectivity index (χ1n) is 7.05. The maximum atomic E-state index is 13.5. The lowest BCUT2D eigenvalue weighted by molar-refractivity contribution is -0.137. The smallest absolute Gasteiger partial charge is 0.305 e. The Morgan fingerprint density at radius 1 is 1.45 bits per heavy atom. The topological polar surface area (TPSA) is 66.8 Å². The highest BCUT2D eigenvalue weighted by Gasteiger charge is 2.25. The standard InChI is InChI=1S/C15H17ClFNO4/c16-14-11(4-1-5-12(14)17)15(21)18(7-6-13(19)20)9-10-3-2-8-22-10/h1,4-5,10H,2-3,6-9H2,(H,19,20). The summed E-state index contributed by atoms with van der Waals surface area (Å²) in [6, 6.07) is 3.99. The highest BCUT2D eigenvalue weighted by atomic mass is 35.5. The van der Waals surface area contributed by atoms with Crippen molar-refractivity contribution in [1.82, 2.24) is 4.90 Å². The van der Waals surface area contributed by atoms with Crippen LogP contribution in [-0.4, -0.2) is 47.7 Å². The number of hydrogen-bond acceptors (Lipinski definition) is 3. The van der Waals surface area contributed by atoms with E-state index in [-0.39, 0.29) is 36.2 Å². The van der Waals surface area contributed by atoms with Crippen LogP contribution in [0.4, 0.5) is 4.39 Å². The fraction of sp³-hybridized carbons (Fsp3) is 0.467. The van der Waals surface area contributed by atoms with E-state index in [0.29, 0.717) is 6.61 Å². The molecule has 120 valence electrons. The number of ether oxygens (including phenoxy) is 1. The molecule has 1 heterocycles. The largest absolute Gasteiger partial charge is 0.481 e. The van der Waals surface area contributed by atoms with E-state index in [1.54, 1.807) is 0 Å². The fourth-order valence-electron chi connectivity index (χ4n) is 2.38. The summed E-state index contributed by atoms with van der Waals surface area (Å²) in [4.78, 5) is 24.7. The highest BCUT2D eigenvalue weighted by molar-refractivity contribution is 6.34. The molecule has 1 saturated heterocycles. The maximum absolute atomic E-state index is 13.5. The second kappa shape index (κ2) is 7.56. The quantitative estimate of drug-likeness (QED) is 0.871. The molecule has 1 amide bonds. The van der Waals surface area contributed by atoms with Gasteiger partial charge in [0.2, 0.25) is 0 Å². The third-order valence-electron chi connectivity index (χ3n) is 3.51. The van der Waals surface area contributed by atoms with Gasteiger partial charge in [-0.1, -0.05) is 17.7 Å². The summed E-state index contributed by atoms with van der Waals surface area (Å²) >= 11 is 5.84. The molecule has 0 spiro atoms. The van der Waals surface area contributed by atoms with E-state index >= 15 is 0 Å². The van der Waals surface area contributed by atoms with Crippen molar-refractivity contribution in [3.8, 4) is 0 Å². The van der Waals surface area contributed by atoms with Crippen LogP contribution in [-0.2, 0) is 9.53 Å². The number of carbonyl (C=O) groups is 2. The predicted molar refractivity (Wildman–Crippen MR) is 78.5 cm³/mol. The first-order chi connectivity index (χ1) is 10.5. The van der Waals surface area contributed by atoms with Gasteiger partial charge in [-0.2, -0.15) is 0 Å². The van der Waals surface area contributed by atoms with Crippen LogP contribution in [0.15, 0.2) is 18.2 Å². The van der Waals surface area contributed by atoms with Crippen LogP contribution in [0.3, 0.4) is 0 Å². The number of carbonyl (C=O) groups excluding carboxylic acids is 1. The summed E-state index contributed by atoms with van der Waals surface area (Å²) in [5.41, 5.74) is 0.0325. The van der Waals surface area contributed by atoms with Gasteiger partial charge in [0.25, 0.3) is 5.91 Å². The Morgan fingerprint density at radius 2 is 2.23 bits per heavy atom. The van der Waals surface area contributed by atoms with Crippen molar-refractivity contribution in [1.29, 1.82) is 0 Å². The van der Waals surface area contributed by atoms with Gasteiger partial charge in [-0.05, 0) is 25.0 Å². The molecule has 1 aromatic carbocycles. The Hall–Kier alpha value is -1.66. The molecule has 1 aliphatic rings. The molecule has 1 aromatic rings. The van der Waals surface area contributed by atoms with Gasteiger partial charge in [0.1, 0.15) is 5.82 Å². The number of rotatable bonds is 6. The Morgan fingerprint density at radius 3 is 2.86 bits per heavy atom. The van der Waals surface area contributed by atoms with E-state index in [4.69, 9.17) is 21.4 Å². The molecule has 0 aromatic heterocycles. The summed E-state index contributed by atoms with van der Waals surface area (Å²) < 4.78 is 19.0. The van der Waals surface area contributed by atoms with E-state index in [1.807, 2.05) is 0 Å². The average molecular weight is 330 g/mol. The molecule has 1 aliphatic heterocycles. The van der Waals surface area contributed by atoms with Gasteiger partial charge in [-0.25, -0.2) is 4.39 Å². The monoisotopic (exact) mass is 329 g/mol. The molecule has 0 bridgehead atoms. The van der Waals surface area contributed by atoms with E-state index in [0.717, 1.165) is 12.8 Å². The summed E-state index contributed by atoms with van der Waals surface area (Å²) in [5, 5.41) is 8.57. The molecule has 0 radical (unpaired) electrons. The van der Waals surface area contributed by atoms with Crippen LogP contribution in [0.25, 0.3) is 0 Å². The van der Waals surface area contributed by atoms with Gasteiger partial charge < -0.3 is 14.7 Å². The number of benzene rings is 1. The van der Waals surface area contributed by atoms with Crippen LogP contribution < -0.4 is 0 Å². The molecular formula is C15H17ClFNO4. The Kier molecular flexibility index (Phi) is 5.74. The SMILES string of the molecule is O=C(O)CCN(CC1CCCO1)C(=O)c1cccc(F)c1Cl. The minimum absolute atomic E-state index is 0.0286. The summed E-state index contributed by atoms with van der Waals surface area (Å²) in [5.74, 6) is -2.17. The van der Waals surface area contributed by atoms with Crippen LogP contribution in [0.2, 0.25) is 5.02 Å². The van der Waals surface area contributed by atoms with E-state index in [9.17, 15) is 14.0 Å². The van der Waals surface area contributed by atoms with Gasteiger partial charge in [-0.3, -0.25) is 9.59 Å². The predicted octanol–water partition coefficient (Wildman–Crippen LogP) is 2.58. The minimum Gasteiger partial charge on any atom is -0.481 e. The molecule has 0 saturated carbocycles. The lowest BCUT2D eigenvalue weighted by Gasteiger charge is -2.25. The van der Waals surface area contributed by atoms with Crippen LogP contribution >= 0.6 is 11.6 Å². The number of carboxylic acid groups (broad SMARTS) is 1. The van der Waals surface area contributed by atoms with Crippen molar-refractivity contribution in [2.45, 2.75) is 25.4 Å². The average Bonchev–Trinajstić information content (AvgIpc) is 2.98. The second-order valence-electron chi connectivity index (χ2n) is 5.13. The van der Waals surface area contributed by atoms with Gasteiger partial charge >= 0.3 is 5.97 Å². The Balaban J connectivity index is 2.16. The zero-order valence-corrected chi connectivity index (χ0v) is 12.7. The number of aliphatic carboxylic acids is 1. The van der Waals surface area contributed by atoms with Crippen LogP contribution in [0.1, 0.15) is 29.6 Å². The van der Waals surface area contributed by atoms with E-state index < -0.39 is 17.7 Å². The number of nitrogens with zero attached hydrogens (tertiary/aromatic N) is 1. The highest BCUT2D eigenvalue weighted by Crippen LogP contribution is 2.22. The first-order valence-corrected chi connectivity index (χ1v) is 7.43. The van der Waals surface area contributed by atoms with Crippen molar-refractivity contribution in [3.63, 3.8) is 0 Å². The summed E-state index contributed by atoms with van der Waals surface area (Å²) in [6.45, 7) is 0.937. The molecule has 5 nitrogen and oxygen atoms in total. The molecule has 7 heteroatoms. The minimum atomic E-state index is -1.00. The Bertz CT molecular complexity index is 560. The number of halogens is 2. The number of carboxylic acids is 1. The van der Waals surface area contributed by atoms with Gasteiger partial charge in [-0.15, -0.1) is 0 Å². The van der Waals surface area contributed by atoms with Crippen LogP contribution in [0.5, 0.6) is 0 Å². The summed E-state index contributed by atoms with van der Waals surface area (Å²) in [7, 11) is 0. The Labute approximate surface area is 132 Å². The molecule has 22 heavy (non-hydrogen) atoms. The number of amides is 1. The lowest BCUT2D eigenvalue weighted by Crippen LogP contribution is -2.39. The van der Waals surface area contributed by atoms with Gasteiger partial charge in [0, 0.05) is 19.7 Å². The van der Waals surface area contributed by atoms with Crippen LogP contribution in [0, 0.1) is 5.82 Å². The van der Waals surface area contributed by atoms with Gasteiger partial charge in [0.15, 0.2) is 0 Å². The summed E-state index contributed by atoms with van der Waals surface area (Å²) in [6.07, 6.45) is 1.41. The molecule has 1 atom stereocenters. The maximum Gasteiger partial charge on any atom is 0.305 e. The molecule has 2 rings (SSSR count). The zero-order chi connectivity index (χ0) is 16.1.